The number of carbonyl (C=O) groups excluding carboxylic acids is 1. The second kappa shape index (κ2) is 4.42. The largest absolute Gasteiger partial charge is 0.347 e. The molecule has 2 saturated carbocycles. The van der Waals surface area contributed by atoms with Crippen LogP contribution in [0.2, 0.25) is 5.15 Å². The topological polar surface area (TPSA) is 54.9 Å². The van der Waals surface area contributed by atoms with Crippen LogP contribution in [0, 0.1) is 16.7 Å². The van der Waals surface area contributed by atoms with Crippen molar-refractivity contribution < 1.29 is 4.79 Å². The van der Waals surface area contributed by atoms with E-state index in [-0.39, 0.29) is 22.8 Å². The maximum Gasteiger partial charge on any atom is 0.272 e. The minimum absolute atomic E-state index is 0.141. The molecule has 0 spiro atoms. The highest BCUT2D eigenvalue weighted by atomic mass is 35.5. The molecule has 0 aromatic carbocycles. The molecule has 20 heavy (non-hydrogen) atoms. The zero-order valence-electron chi connectivity index (χ0n) is 12.1. The molecule has 3 rings (SSSR count). The van der Waals surface area contributed by atoms with Crippen molar-refractivity contribution in [1.29, 1.82) is 0 Å². The molecule has 4 nitrogen and oxygen atoms in total. The zero-order chi connectivity index (χ0) is 14.5. The van der Waals surface area contributed by atoms with Gasteiger partial charge in [-0.3, -0.25) is 4.79 Å². The van der Waals surface area contributed by atoms with Crippen molar-refractivity contribution in [2.45, 2.75) is 46.1 Å². The molecule has 0 radical (unpaired) electrons. The van der Waals surface area contributed by atoms with Crippen LogP contribution in [0.25, 0.3) is 0 Å². The minimum Gasteiger partial charge on any atom is -0.347 e. The van der Waals surface area contributed by atoms with Crippen LogP contribution in [0.1, 0.15) is 50.5 Å². The molecule has 2 aliphatic rings. The van der Waals surface area contributed by atoms with E-state index in [0.717, 1.165) is 0 Å². The Bertz CT molecular complexity index is 538. The summed E-state index contributed by atoms with van der Waals surface area (Å²) in [7, 11) is 0. The van der Waals surface area contributed by atoms with E-state index in [4.69, 9.17) is 11.6 Å². The van der Waals surface area contributed by atoms with Crippen molar-refractivity contribution >= 4 is 17.5 Å². The number of nitrogens with zero attached hydrogens (tertiary/aromatic N) is 2. The van der Waals surface area contributed by atoms with Crippen molar-refractivity contribution in [1.82, 2.24) is 15.5 Å². The number of amides is 1. The summed E-state index contributed by atoms with van der Waals surface area (Å²) in [5.74, 6) is 0.551. The molecule has 1 N–H and O–H groups in total. The summed E-state index contributed by atoms with van der Waals surface area (Å²) in [5.41, 5.74) is 0.684. The fraction of sp³-hybridized carbons (Fsp3) is 0.667. The van der Waals surface area contributed by atoms with Crippen LogP contribution in [0.15, 0.2) is 12.1 Å². The van der Waals surface area contributed by atoms with Gasteiger partial charge in [0.25, 0.3) is 5.91 Å². The zero-order valence-corrected chi connectivity index (χ0v) is 12.9. The Kier molecular flexibility index (Phi) is 3.05. The molecular weight excluding hydrogens is 274 g/mol. The third kappa shape index (κ3) is 2.01. The highest BCUT2D eigenvalue weighted by Crippen LogP contribution is 2.62. The summed E-state index contributed by atoms with van der Waals surface area (Å²) in [6.45, 7) is 6.82. The monoisotopic (exact) mass is 293 g/mol. The molecule has 108 valence electrons. The van der Waals surface area contributed by atoms with Crippen LogP contribution in [0.4, 0.5) is 0 Å². The number of fused-ring (bicyclic) bond motifs is 2. The smallest absolute Gasteiger partial charge is 0.272 e. The summed E-state index contributed by atoms with van der Waals surface area (Å²) < 4.78 is 0. The first-order valence-electron chi connectivity index (χ1n) is 7.13. The van der Waals surface area contributed by atoms with Gasteiger partial charge in [0.2, 0.25) is 0 Å². The molecule has 1 amide bonds. The van der Waals surface area contributed by atoms with E-state index in [1.165, 1.54) is 19.3 Å². The first kappa shape index (κ1) is 13.8. The van der Waals surface area contributed by atoms with Gasteiger partial charge in [-0.2, -0.15) is 0 Å². The van der Waals surface area contributed by atoms with Gasteiger partial charge in [0.05, 0.1) is 0 Å². The SMILES string of the molecule is CC12CCC(C1)C(C)(C)C2NC(=O)c1ccc(Cl)nn1. The first-order valence-corrected chi connectivity index (χ1v) is 7.51. The molecule has 3 atom stereocenters. The van der Waals surface area contributed by atoms with Crippen molar-refractivity contribution in [3.8, 4) is 0 Å². The average Bonchev–Trinajstić information content (AvgIpc) is 2.86. The molecule has 2 aliphatic carbocycles. The van der Waals surface area contributed by atoms with Crippen LogP contribution in [0.5, 0.6) is 0 Å². The van der Waals surface area contributed by atoms with Crippen molar-refractivity contribution in [3.05, 3.63) is 23.0 Å². The van der Waals surface area contributed by atoms with Gasteiger partial charge in [-0.15, -0.1) is 10.2 Å². The lowest BCUT2D eigenvalue weighted by Gasteiger charge is -2.43. The van der Waals surface area contributed by atoms with Gasteiger partial charge < -0.3 is 5.32 Å². The Labute approximate surface area is 124 Å². The second-order valence-electron chi connectivity index (χ2n) is 7.06. The molecule has 1 aromatic heterocycles. The Morgan fingerprint density at radius 1 is 1.35 bits per heavy atom. The molecule has 1 aromatic rings. The van der Waals surface area contributed by atoms with E-state index in [1.807, 2.05) is 0 Å². The molecule has 2 bridgehead atoms. The molecule has 5 heteroatoms. The Hall–Kier alpha value is -1.16. The third-order valence-corrected chi connectivity index (χ3v) is 5.61. The number of aromatic nitrogens is 2. The molecule has 3 unspecified atom stereocenters. The molecule has 0 saturated heterocycles. The third-order valence-electron chi connectivity index (χ3n) is 5.41. The van der Waals surface area contributed by atoms with Gasteiger partial charge in [0, 0.05) is 6.04 Å². The summed E-state index contributed by atoms with van der Waals surface area (Å²) in [6, 6.07) is 3.41. The number of hydrogen-bond acceptors (Lipinski definition) is 3. The Balaban J connectivity index is 1.80. The fourth-order valence-electron chi connectivity index (χ4n) is 4.30. The van der Waals surface area contributed by atoms with E-state index in [0.29, 0.717) is 16.8 Å². The predicted octanol–water partition coefficient (Wildman–Crippen LogP) is 3.07. The number of carbonyl (C=O) groups is 1. The van der Waals surface area contributed by atoms with Crippen LogP contribution >= 0.6 is 11.6 Å². The quantitative estimate of drug-likeness (QED) is 0.912. The second-order valence-corrected chi connectivity index (χ2v) is 7.45. The van der Waals surface area contributed by atoms with Crippen LogP contribution < -0.4 is 5.32 Å². The lowest BCUT2D eigenvalue weighted by atomic mass is 9.68. The lowest BCUT2D eigenvalue weighted by Crippen LogP contribution is -2.52. The normalized spacial score (nSPS) is 34.2. The highest BCUT2D eigenvalue weighted by Gasteiger charge is 2.59. The number of halogens is 1. The summed E-state index contributed by atoms with van der Waals surface area (Å²) >= 11 is 5.70. The van der Waals surface area contributed by atoms with Gasteiger partial charge in [0.1, 0.15) is 0 Å². The standard InChI is InChI=1S/C15H20ClN3O/c1-14(2)9-6-7-15(3,8-9)13(14)17-12(20)10-4-5-11(16)19-18-10/h4-5,9,13H,6-8H2,1-3H3,(H,17,20). The summed E-state index contributed by atoms with van der Waals surface area (Å²) in [6.07, 6.45) is 3.67. The van der Waals surface area contributed by atoms with E-state index in [1.54, 1.807) is 12.1 Å². The van der Waals surface area contributed by atoms with E-state index < -0.39 is 0 Å². The fourth-order valence-corrected chi connectivity index (χ4v) is 4.41. The number of hydrogen-bond donors (Lipinski definition) is 1. The summed E-state index contributed by atoms with van der Waals surface area (Å²) in [4.78, 5) is 12.4. The van der Waals surface area contributed by atoms with Gasteiger partial charge >= 0.3 is 0 Å². The van der Waals surface area contributed by atoms with E-state index in [2.05, 4.69) is 36.3 Å². The van der Waals surface area contributed by atoms with Crippen molar-refractivity contribution in [2.24, 2.45) is 16.7 Å². The number of nitrogens with one attached hydrogen (secondary N) is 1. The molecule has 2 fully saturated rings. The van der Waals surface area contributed by atoms with E-state index in [9.17, 15) is 4.79 Å². The highest BCUT2D eigenvalue weighted by molar-refractivity contribution is 6.29. The van der Waals surface area contributed by atoms with Crippen LogP contribution in [-0.2, 0) is 0 Å². The van der Waals surface area contributed by atoms with Gasteiger partial charge in [-0.25, -0.2) is 0 Å². The minimum atomic E-state index is -0.152. The van der Waals surface area contributed by atoms with Gasteiger partial charge in [-0.05, 0) is 48.1 Å². The maximum atomic E-state index is 12.4. The predicted molar refractivity (Wildman–Crippen MR) is 77.5 cm³/mol. The maximum absolute atomic E-state index is 12.4. The molecule has 1 heterocycles. The van der Waals surface area contributed by atoms with Gasteiger partial charge in [-0.1, -0.05) is 32.4 Å². The number of rotatable bonds is 2. The molecular formula is C15H20ClN3O. The first-order chi connectivity index (χ1) is 9.33. The molecule has 0 aliphatic heterocycles. The van der Waals surface area contributed by atoms with Crippen LogP contribution in [-0.4, -0.2) is 22.1 Å². The lowest BCUT2D eigenvalue weighted by molar-refractivity contribution is 0.0732. The average molecular weight is 294 g/mol. The van der Waals surface area contributed by atoms with Crippen molar-refractivity contribution in [3.63, 3.8) is 0 Å². The van der Waals surface area contributed by atoms with E-state index >= 15 is 0 Å². The summed E-state index contributed by atoms with van der Waals surface area (Å²) in [5, 5.41) is 11.1. The Morgan fingerprint density at radius 3 is 2.65 bits per heavy atom. The van der Waals surface area contributed by atoms with Crippen LogP contribution in [0.3, 0.4) is 0 Å². The van der Waals surface area contributed by atoms with Gasteiger partial charge in [0.15, 0.2) is 10.8 Å². The van der Waals surface area contributed by atoms with Crippen molar-refractivity contribution in [2.75, 3.05) is 0 Å². The Morgan fingerprint density at radius 2 is 2.10 bits per heavy atom.